The van der Waals surface area contributed by atoms with Crippen LogP contribution in [0.3, 0.4) is 0 Å². The highest BCUT2D eigenvalue weighted by Gasteiger charge is 2.27. The molecule has 8 rings (SSSR count). The van der Waals surface area contributed by atoms with Gasteiger partial charge in [0.25, 0.3) is 5.69 Å². The van der Waals surface area contributed by atoms with Crippen LogP contribution in [0.2, 0.25) is 0 Å². The maximum absolute atomic E-state index is 12.3. The van der Waals surface area contributed by atoms with Crippen LogP contribution in [-0.2, 0) is 6.54 Å². The Morgan fingerprint density at radius 3 is 2.10 bits per heavy atom. The van der Waals surface area contributed by atoms with Crippen LogP contribution in [0.5, 0.6) is 0 Å². The summed E-state index contributed by atoms with van der Waals surface area (Å²) in [4.78, 5) is 30.7. The molecule has 0 spiro atoms. The van der Waals surface area contributed by atoms with Crippen LogP contribution in [0.4, 0.5) is 11.4 Å². The third kappa shape index (κ3) is 5.74. The van der Waals surface area contributed by atoms with Gasteiger partial charge in [-0.3, -0.25) is 19.7 Å². The lowest BCUT2D eigenvalue weighted by atomic mass is 10.0. The fourth-order valence-electron chi connectivity index (χ4n) is 6.91. The van der Waals surface area contributed by atoms with Crippen molar-refractivity contribution in [1.82, 2.24) is 29.4 Å². The minimum Gasteiger partial charge on any atom is -0.397 e. The third-order valence-corrected chi connectivity index (χ3v) is 9.51. The predicted molar refractivity (Wildman–Crippen MR) is 191 cm³/mol. The van der Waals surface area contributed by atoms with E-state index in [1.165, 1.54) is 11.6 Å². The molecule has 4 heterocycles. The van der Waals surface area contributed by atoms with Crippen LogP contribution in [-0.4, -0.2) is 34.3 Å². The molecule has 13 heteroatoms. The summed E-state index contributed by atoms with van der Waals surface area (Å²) in [7, 11) is 0. The van der Waals surface area contributed by atoms with Gasteiger partial charge in [-0.2, -0.15) is 0 Å². The molecule has 0 aliphatic heterocycles. The second-order valence-electron chi connectivity index (χ2n) is 13.1. The first-order valence-corrected chi connectivity index (χ1v) is 16.5. The number of fused-ring (bicyclic) bond motifs is 2. The van der Waals surface area contributed by atoms with Crippen molar-refractivity contribution in [3.8, 4) is 22.3 Å². The standard InChI is InChI=1S/C21H22N4O.C16H16N4O4/c1-12-20(14(3)26-24-12)17-10-18(22)21-19(11-17)25(15(4)23-21)13(2)16-8-6-5-7-9-16;1-8-14(9(2)24-18-8)11-5-12-15(13(6-11)20(22)23)17-16(21)19(12)7-10-3-4-10/h5-11,13H,22H2,1-4H3;5-6,10H,3-4,7H2,1-2H3,(H,17,21)/t13-;/m1./s1. The molecule has 3 N–H and O–H groups in total. The molecule has 1 saturated carbocycles. The highest BCUT2D eigenvalue weighted by Crippen LogP contribution is 2.37. The number of anilines is 1. The lowest BCUT2D eigenvalue weighted by Gasteiger charge is -2.17. The van der Waals surface area contributed by atoms with Crippen molar-refractivity contribution in [3.63, 3.8) is 0 Å². The summed E-state index contributed by atoms with van der Waals surface area (Å²) in [6.07, 6.45) is 2.18. The first-order chi connectivity index (χ1) is 23.9. The minimum atomic E-state index is -0.471. The first-order valence-electron chi connectivity index (χ1n) is 16.5. The van der Waals surface area contributed by atoms with Gasteiger partial charge in [-0.25, -0.2) is 9.78 Å². The Hall–Kier alpha value is -5.98. The predicted octanol–water partition coefficient (Wildman–Crippen LogP) is 7.73. The molecule has 0 bridgehead atoms. The van der Waals surface area contributed by atoms with Gasteiger partial charge in [-0.15, -0.1) is 0 Å². The monoisotopic (exact) mass is 674 g/mol. The van der Waals surface area contributed by atoms with E-state index in [0.717, 1.165) is 57.8 Å². The lowest BCUT2D eigenvalue weighted by Crippen LogP contribution is -2.17. The summed E-state index contributed by atoms with van der Waals surface area (Å²) in [5.41, 5.74) is 15.4. The summed E-state index contributed by atoms with van der Waals surface area (Å²) in [5, 5.41) is 19.5. The molecular formula is C37H38N8O5. The topological polar surface area (TPSA) is 177 Å². The van der Waals surface area contributed by atoms with Crippen LogP contribution in [0, 0.1) is 50.7 Å². The third-order valence-electron chi connectivity index (χ3n) is 9.51. The first kappa shape index (κ1) is 32.6. The number of imidazole rings is 2. The highest BCUT2D eigenvalue weighted by molar-refractivity contribution is 5.93. The van der Waals surface area contributed by atoms with Crippen molar-refractivity contribution in [1.29, 1.82) is 0 Å². The quantitative estimate of drug-likeness (QED) is 0.0973. The number of nitrogen functional groups attached to an aromatic ring is 1. The van der Waals surface area contributed by atoms with E-state index in [-0.39, 0.29) is 22.9 Å². The molecule has 0 saturated heterocycles. The van der Waals surface area contributed by atoms with Crippen LogP contribution in [0.25, 0.3) is 44.3 Å². The van der Waals surface area contributed by atoms with E-state index >= 15 is 0 Å². The maximum Gasteiger partial charge on any atom is 0.326 e. The number of aromatic amines is 1. The van der Waals surface area contributed by atoms with Gasteiger partial charge in [0, 0.05) is 23.7 Å². The molecule has 1 aliphatic rings. The van der Waals surface area contributed by atoms with Crippen molar-refractivity contribution >= 4 is 33.4 Å². The zero-order valence-corrected chi connectivity index (χ0v) is 28.8. The number of nitro groups is 1. The Kier molecular flexibility index (Phi) is 8.13. The zero-order valence-electron chi connectivity index (χ0n) is 28.8. The van der Waals surface area contributed by atoms with Crippen molar-refractivity contribution in [2.75, 3.05) is 5.73 Å². The Bertz CT molecular complexity index is 2420. The maximum atomic E-state index is 12.3. The highest BCUT2D eigenvalue weighted by atomic mass is 16.6. The van der Waals surface area contributed by atoms with Gasteiger partial charge >= 0.3 is 5.69 Å². The normalized spacial score (nSPS) is 13.5. The Labute approximate surface area is 286 Å². The second-order valence-corrected chi connectivity index (χ2v) is 13.1. The van der Waals surface area contributed by atoms with Crippen LogP contribution >= 0.6 is 0 Å². The number of nitrogens with one attached hydrogen (secondary N) is 1. The number of H-pyrrole nitrogens is 1. The molecule has 0 radical (unpaired) electrons. The van der Waals surface area contributed by atoms with E-state index in [9.17, 15) is 14.9 Å². The zero-order chi connectivity index (χ0) is 35.4. The molecule has 1 fully saturated rings. The SMILES string of the molecule is Cc1noc(C)c1-c1cc(N)c2nc(C)n([C@H](C)c3ccccc3)c2c1.Cc1noc(C)c1-c1cc([N+](=O)[O-])c2[nH]c(=O)n(CC3CC3)c2c1. The molecule has 1 atom stereocenters. The van der Waals surface area contributed by atoms with Gasteiger partial charge in [0.1, 0.15) is 28.4 Å². The van der Waals surface area contributed by atoms with Gasteiger partial charge in [0.15, 0.2) is 0 Å². The number of aromatic nitrogens is 6. The number of hydrogen-bond donors (Lipinski definition) is 2. The Morgan fingerprint density at radius 1 is 0.940 bits per heavy atom. The molecular weight excluding hydrogens is 636 g/mol. The number of hydrogen-bond acceptors (Lipinski definition) is 9. The van der Waals surface area contributed by atoms with Gasteiger partial charge in [-0.1, -0.05) is 40.6 Å². The average molecular weight is 675 g/mol. The second kappa shape index (κ2) is 12.5. The summed E-state index contributed by atoms with van der Waals surface area (Å²) in [5.74, 6) is 2.80. The number of rotatable bonds is 7. The Morgan fingerprint density at radius 2 is 1.54 bits per heavy atom. The van der Waals surface area contributed by atoms with E-state index in [2.05, 4.69) is 57.1 Å². The molecule has 0 amide bonds. The number of nitrogens with two attached hydrogens (primary N) is 1. The van der Waals surface area contributed by atoms with E-state index in [1.807, 2.05) is 32.9 Å². The number of non-ortho nitro benzene ring substituents is 1. The average Bonchev–Trinajstić information content (AvgIpc) is 3.49. The molecule has 3 aromatic carbocycles. The summed E-state index contributed by atoms with van der Waals surface area (Å²) >= 11 is 0. The van der Waals surface area contributed by atoms with Crippen molar-refractivity contribution < 1.29 is 14.0 Å². The summed E-state index contributed by atoms with van der Waals surface area (Å²) in [6.45, 7) is 12.2. The van der Waals surface area contributed by atoms with Gasteiger partial charge in [0.05, 0.1) is 39.1 Å². The van der Waals surface area contributed by atoms with Gasteiger partial charge in [0.2, 0.25) is 0 Å². The summed E-state index contributed by atoms with van der Waals surface area (Å²) in [6, 6.07) is 17.9. The number of benzene rings is 3. The van der Waals surface area contributed by atoms with Crippen LogP contribution < -0.4 is 11.4 Å². The van der Waals surface area contributed by atoms with Gasteiger partial charge < -0.3 is 19.3 Å². The van der Waals surface area contributed by atoms with E-state index in [4.69, 9.17) is 19.8 Å². The lowest BCUT2D eigenvalue weighted by molar-refractivity contribution is -0.383. The molecule has 256 valence electrons. The fourth-order valence-corrected chi connectivity index (χ4v) is 6.91. The molecule has 0 unspecified atom stereocenters. The molecule has 50 heavy (non-hydrogen) atoms. The number of nitro benzene ring substituents is 1. The van der Waals surface area contributed by atoms with Crippen LogP contribution in [0.15, 0.2) is 68.4 Å². The van der Waals surface area contributed by atoms with Crippen molar-refractivity contribution in [2.24, 2.45) is 5.92 Å². The minimum absolute atomic E-state index is 0.117. The summed E-state index contributed by atoms with van der Waals surface area (Å²) < 4.78 is 14.4. The van der Waals surface area contributed by atoms with Crippen molar-refractivity contribution in [3.05, 3.63) is 109 Å². The van der Waals surface area contributed by atoms with E-state index in [1.54, 1.807) is 24.5 Å². The smallest absolute Gasteiger partial charge is 0.326 e. The molecule has 7 aromatic rings. The molecule has 1 aliphatic carbocycles. The largest absolute Gasteiger partial charge is 0.397 e. The van der Waals surface area contributed by atoms with E-state index in [0.29, 0.717) is 40.7 Å². The fraction of sp³-hybridized carbons (Fsp3) is 0.297. The Balaban J connectivity index is 0.000000157. The van der Waals surface area contributed by atoms with E-state index < -0.39 is 4.92 Å². The van der Waals surface area contributed by atoms with Gasteiger partial charge in [-0.05, 0) is 95.2 Å². The number of nitrogens with zero attached hydrogens (tertiary/aromatic N) is 6. The van der Waals surface area contributed by atoms with Crippen LogP contribution in [0.1, 0.15) is 60.1 Å². The van der Waals surface area contributed by atoms with Crippen molar-refractivity contribution in [2.45, 2.75) is 67.0 Å². The number of aryl methyl sites for hydroxylation is 5. The molecule has 13 nitrogen and oxygen atoms in total. The molecule has 4 aromatic heterocycles.